The zero-order valence-corrected chi connectivity index (χ0v) is 14.8. The number of benzene rings is 1. The van der Waals surface area contributed by atoms with Crippen molar-refractivity contribution < 1.29 is 14.3 Å². The fourth-order valence-electron chi connectivity index (χ4n) is 2.01. The highest BCUT2D eigenvalue weighted by Gasteiger charge is 2.12. The lowest BCUT2D eigenvalue weighted by Gasteiger charge is -2.05. The number of aromatic hydroxyl groups is 1. The molecule has 0 saturated carbocycles. The zero-order chi connectivity index (χ0) is 17.6. The molecule has 3 rings (SSSR count). The number of hydrogen-bond donors (Lipinski definition) is 1. The summed E-state index contributed by atoms with van der Waals surface area (Å²) in [5.74, 6) is 0.817. The third-order valence-corrected chi connectivity index (χ3v) is 4.06. The predicted octanol–water partition coefficient (Wildman–Crippen LogP) is 4.14. The van der Waals surface area contributed by atoms with Gasteiger partial charge < -0.3 is 14.3 Å². The lowest BCUT2D eigenvalue weighted by atomic mass is 10.2. The van der Waals surface area contributed by atoms with Gasteiger partial charge in [0.2, 0.25) is 11.0 Å². The Hall–Kier alpha value is -2.74. The molecule has 1 N–H and O–H groups in total. The number of unbranched alkanes of at least 4 members (excludes halogenated alkanes) is 1. The van der Waals surface area contributed by atoms with Crippen molar-refractivity contribution >= 4 is 22.7 Å². The molecule has 0 fully saturated rings. The molecule has 2 heterocycles. The van der Waals surface area contributed by atoms with E-state index in [-0.39, 0.29) is 11.6 Å². The number of aryl methyl sites for hydroxylation is 1. The van der Waals surface area contributed by atoms with Gasteiger partial charge in [-0.3, -0.25) is 0 Å². The first-order chi connectivity index (χ1) is 12.2. The van der Waals surface area contributed by atoms with Gasteiger partial charge in [0.05, 0.1) is 12.8 Å². The zero-order valence-electron chi connectivity index (χ0n) is 14.0. The third kappa shape index (κ3) is 4.42. The Kier molecular flexibility index (Phi) is 5.39. The molecule has 3 aromatic rings. The van der Waals surface area contributed by atoms with Crippen LogP contribution in [0.25, 0.3) is 11.5 Å². The lowest BCUT2D eigenvalue weighted by Crippen LogP contribution is -1.95. The van der Waals surface area contributed by atoms with E-state index in [4.69, 9.17) is 9.15 Å². The highest BCUT2D eigenvalue weighted by atomic mass is 32.1. The first-order valence-corrected chi connectivity index (χ1v) is 8.74. The van der Waals surface area contributed by atoms with E-state index in [0.29, 0.717) is 17.6 Å². The van der Waals surface area contributed by atoms with Crippen LogP contribution in [-0.4, -0.2) is 33.1 Å². The molecule has 0 radical (unpaired) electrons. The summed E-state index contributed by atoms with van der Waals surface area (Å²) >= 11 is 1.35. The van der Waals surface area contributed by atoms with Crippen LogP contribution in [0.5, 0.6) is 11.7 Å². The third-order valence-electron chi connectivity index (χ3n) is 3.31. The smallest absolute Gasteiger partial charge is 0.312 e. The van der Waals surface area contributed by atoms with E-state index >= 15 is 0 Å². The standard InChI is InChI=1S/C17H18N4O3S/c1-3-4-9-23-13-7-5-12(6-8-13)15-19-14(16(22)24-15)10-18-17-21-20-11(2)25-17/h5-8,10,22H,3-4,9H2,1-2H3. The average molecular weight is 358 g/mol. The molecule has 2 aromatic heterocycles. The summed E-state index contributed by atoms with van der Waals surface area (Å²) in [6, 6.07) is 7.37. The van der Waals surface area contributed by atoms with Gasteiger partial charge in [-0.15, -0.1) is 10.2 Å². The van der Waals surface area contributed by atoms with Crippen LogP contribution in [0.2, 0.25) is 0 Å². The number of ether oxygens (including phenoxy) is 1. The normalized spacial score (nSPS) is 11.3. The van der Waals surface area contributed by atoms with Crippen molar-refractivity contribution in [3.05, 3.63) is 35.0 Å². The summed E-state index contributed by atoms with van der Waals surface area (Å²) < 4.78 is 10.9. The summed E-state index contributed by atoms with van der Waals surface area (Å²) in [5.41, 5.74) is 0.982. The first-order valence-electron chi connectivity index (χ1n) is 7.93. The molecule has 1 aromatic carbocycles. The monoisotopic (exact) mass is 358 g/mol. The van der Waals surface area contributed by atoms with Crippen LogP contribution in [-0.2, 0) is 0 Å². The summed E-state index contributed by atoms with van der Waals surface area (Å²) in [7, 11) is 0. The molecule has 7 nitrogen and oxygen atoms in total. The van der Waals surface area contributed by atoms with Gasteiger partial charge in [0.1, 0.15) is 10.8 Å². The predicted molar refractivity (Wildman–Crippen MR) is 95.9 cm³/mol. The first kappa shape index (κ1) is 17.1. The fourth-order valence-corrected chi connectivity index (χ4v) is 2.55. The molecule has 0 aliphatic heterocycles. The highest BCUT2D eigenvalue weighted by Crippen LogP contribution is 2.27. The van der Waals surface area contributed by atoms with Crippen molar-refractivity contribution in [2.24, 2.45) is 4.99 Å². The fraction of sp³-hybridized carbons (Fsp3) is 0.294. The van der Waals surface area contributed by atoms with Gasteiger partial charge in [-0.1, -0.05) is 24.7 Å². The second kappa shape index (κ2) is 7.89. The number of rotatable bonds is 7. The van der Waals surface area contributed by atoms with Gasteiger partial charge in [-0.25, -0.2) is 9.98 Å². The van der Waals surface area contributed by atoms with E-state index in [1.807, 2.05) is 31.2 Å². The molecule has 0 unspecified atom stereocenters. The number of hydrogen-bond acceptors (Lipinski definition) is 8. The van der Waals surface area contributed by atoms with Crippen molar-refractivity contribution in [3.8, 4) is 23.1 Å². The topological polar surface area (TPSA) is 93.6 Å². The Labute approximate surface area is 149 Å². The number of aliphatic imine (C=N–C) groups is 1. The van der Waals surface area contributed by atoms with Gasteiger partial charge in [0.15, 0.2) is 5.69 Å². The second-order valence-electron chi connectivity index (χ2n) is 5.30. The maximum Gasteiger partial charge on any atom is 0.312 e. The molecule has 0 bridgehead atoms. The van der Waals surface area contributed by atoms with Gasteiger partial charge in [-0.2, -0.15) is 0 Å². The van der Waals surface area contributed by atoms with Crippen molar-refractivity contribution in [2.45, 2.75) is 26.7 Å². The van der Waals surface area contributed by atoms with Crippen LogP contribution in [0.15, 0.2) is 33.7 Å². The van der Waals surface area contributed by atoms with Gasteiger partial charge in [0, 0.05) is 5.56 Å². The van der Waals surface area contributed by atoms with Gasteiger partial charge in [-0.05, 0) is 37.6 Å². The summed E-state index contributed by atoms with van der Waals surface area (Å²) in [6.45, 7) is 4.66. The van der Waals surface area contributed by atoms with Crippen LogP contribution < -0.4 is 4.74 Å². The highest BCUT2D eigenvalue weighted by molar-refractivity contribution is 7.14. The van der Waals surface area contributed by atoms with Crippen molar-refractivity contribution in [1.82, 2.24) is 15.2 Å². The SMILES string of the molecule is CCCCOc1ccc(-c2nc(C=Nc3nnc(C)s3)c(O)o2)cc1. The summed E-state index contributed by atoms with van der Waals surface area (Å²) in [5, 5.41) is 19.0. The van der Waals surface area contributed by atoms with Crippen LogP contribution >= 0.6 is 11.3 Å². The van der Waals surface area contributed by atoms with Crippen molar-refractivity contribution in [3.63, 3.8) is 0 Å². The van der Waals surface area contributed by atoms with E-state index in [2.05, 4.69) is 27.1 Å². The molecule has 0 aliphatic carbocycles. The van der Waals surface area contributed by atoms with E-state index in [1.54, 1.807) is 0 Å². The molecule has 8 heteroatoms. The average Bonchev–Trinajstić information content (AvgIpc) is 3.19. The lowest BCUT2D eigenvalue weighted by molar-refractivity contribution is 0.309. The molecular formula is C17H18N4O3S. The summed E-state index contributed by atoms with van der Waals surface area (Å²) in [6.07, 6.45) is 3.52. The number of nitrogens with zero attached hydrogens (tertiary/aromatic N) is 4. The van der Waals surface area contributed by atoms with Crippen molar-refractivity contribution in [2.75, 3.05) is 6.61 Å². The number of oxazole rings is 1. The van der Waals surface area contributed by atoms with E-state index in [1.165, 1.54) is 17.6 Å². The van der Waals surface area contributed by atoms with Crippen LogP contribution in [0, 0.1) is 6.92 Å². The molecule has 0 amide bonds. The Morgan fingerprint density at radius 3 is 2.76 bits per heavy atom. The Morgan fingerprint density at radius 1 is 1.28 bits per heavy atom. The number of aromatic nitrogens is 3. The van der Waals surface area contributed by atoms with E-state index < -0.39 is 0 Å². The largest absolute Gasteiger partial charge is 0.494 e. The molecule has 130 valence electrons. The molecular weight excluding hydrogens is 340 g/mol. The molecule has 0 saturated heterocycles. The molecule has 25 heavy (non-hydrogen) atoms. The molecule has 0 aliphatic rings. The molecule has 0 atom stereocenters. The van der Waals surface area contributed by atoms with Crippen LogP contribution in [0.1, 0.15) is 30.5 Å². The minimum atomic E-state index is -0.289. The Bertz CT molecular complexity index is 855. The maximum atomic E-state index is 9.90. The minimum Gasteiger partial charge on any atom is -0.494 e. The maximum absolute atomic E-state index is 9.90. The Morgan fingerprint density at radius 2 is 2.08 bits per heavy atom. The minimum absolute atomic E-state index is 0.242. The van der Waals surface area contributed by atoms with Gasteiger partial charge in [0.25, 0.3) is 0 Å². The quantitative estimate of drug-likeness (QED) is 0.504. The van der Waals surface area contributed by atoms with Crippen molar-refractivity contribution in [1.29, 1.82) is 0 Å². The van der Waals surface area contributed by atoms with Gasteiger partial charge >= 0.3 is 5.95 Å². The van der Waals surface area contributed by atoms with Crippen LogP contribution in [0.4, 0.5) is 5.13 Å². The van der Waals surface area contributed by atoms with E-state index in [9.17, 15) is 5.11 Å². The molecule has 0 spiro atoms. The van der Waals surface area contributed by atoms with E-state index in [0.717, 1.165) is 29.2 Å². The van der Waals surface area contributed by atoms with Crippen LogP contribution in [0.3, 0.4) is 0 Å². The summed E-state index contributed by atoms with van der Waals surface area (Å²) in [4.78, 5) is 8.40. The second-order valence-corrected chi connectivity index (χ2v) is 6.46. The Balaban J connectivity index is 1.72.